The van der Waals surface area contributed by atoms with Gasteiger partial charge in [0.1, 0.15) is 17.9 Å². The van der Waals surface area contributed by atoms with Gasteiger partial charge in [0.15, 0.2) is 0 Å². The number of nitriles is 1. The lowest BCUT2D eigenvalue weighted by atomic mass is 10.2. The number of hydrogen-bond acceptors (Lipinski definition) is 5. The summed E-state index contributed by atoms with van der Waals surface area (Å²) in [5.41, 5.74) is 0.353. The van der Waals surface area contributed by atoms with Crippen molar-refractivity contribution in [3.8, 4) is 6.07 Å². The first-order valence-corrected chi connectivity index (χ1v) is 5.76. The number of hydrogen-bond donors (Lipinski definition) is 2. The molecule has 0 radical (unpaired) electrons. The lowest BCUT2D eigenvalue weighted by Gasteiger charge is -2.16. The zero-order chi connectivity index (χ0) is 15.1. The molecule has 0 aliphatic heterocycles. The lowest BCUT2D eigenvalue weighted by Crippen LogP contribution is -2.45. The molecule has 0 spiro atoms. The number of anilines is 1. The van der Waals surface area contributed by atoms with Gasteiger partial charge in [-0.3, -0.25) is 4.79 Å². The van der Waals surface area contributed by atoms with Crippen LogP contribution in [0.2, 0.25) is 0 Å². The van der Waals surface area contributed by atoms with Gasteiger partial charge in [0, 0.05) is 19.2 Å². The molecular weight excluding hydrogens is 265 g/mol. The second kappa shape index (κ2) is 7.09. The number of benzene rings is 1. The molecule has 1 unspecified atom stereocenters. The number of nitrogens with zero attached hydrogens (tertiary/aromatic N) is 1. The van der Waals surface area contributed by atoms with Crippen LogP contribution >= 0.6 is 0 Å². The molecule has 0 bridgehead atoms. The van der Waals surface area contributed by atoms with Crippen LogP contribution in [-0.4, -0.2) is 31.6 Å². The number of methoxy groups -OCH3 is 1. The van der Waals surface area contributed by atoms with Crippen LogP contribution in [0.5, 0.6) is 0 Å². The fourth-order valence-electron chi connectivity index (χ4n) is 1.52. The van der Waals surface area contributed by atoms with Gasteiger partial charge in [-0.15, -0.1) is 0 Å². The molecule has 0 fully saturated rings. The Labute approximate surface area is 115 Å². The molecule has 0 aliphatic carbocycles. The number of esters is 1. The van der Waals surface area contributed by atoms with Crippen LogP contribution in [0.25, 0.3) is 0 Å². The van der Waals surface area contributed by atoms with E-state index in [2.05, 4.69) is 15.4 Å². The maximum absolute atomic E-state index is 13.1. The maximum atomic E-state index is 13.1. The highest BCUT2D eigenvalue weighted by Crippen LogP contribution is 2.13. The molecule has 1 rings (SSSR count). The van der Waals surface area contributed by atoms with Gasteiger partial charge in [-0.1, -0.05) is 0 Å². The summed E-state index contributed by atoms with van der Waals surface area (Å²) in [5.74, 6) is -1.60. The quantitative estimate of drug-likeness (QED) is 0.777. The molecule has 7 heteroatoms. The Balaban J connectivity index is 2.74. The second-order valence-electron chi connectivity index (χ2n) is 3.96. The topological polar surface area (TPSA) is 91.2 Å². The monoisotopic (exact) mass is 279 g/mol. The highest BCUT2D eigenvalue weighted by Gasteiger charge is 2.19. The van der Waals surface area contributed by atoms with Gasteiger partial charge in [0.05, 0.1) is 12.7 Å². The summed E-state index contributed by atoms with van der Waals surface area (Å²) in [6.45, 7) is 1.34. The van der Waals surface area contributed by atoms with Crippen LogP contribution < -0.4 is 10.6 Å². The van der Waals surface area contributed by atoms with Crippen molar-refractivity contribution in [1.29, 1.82) is 5.26 Å². The Bertz CT molecular complexity index is 554. The van der Waals surface area contributed by atoms with E-state index < -0.39 is 17.8 Å². The van der Waals surface area contributed by atoms with E-state index in [1.54, 1.807) is 6.07 Å². The molecule has 0 aromatic heterocycles. The molecule has 106 valence electrons. The smallest absolute Gasteiger partial charge is 0.330 e. The van der Waals surface area contributed by atoms with Crippen molar-refractivity contribution in [1.82, 2.24) is 5.32 Å². The molecule has 0 saturated carbocycles. The largest absolute Gasteiger partial charge is 0.467 e. The number of amides is 1. The summed E-state index contributed by atoms with van der Waals surface area (Å²) >= 11 is 0. The predicted octanol–water partition coefficient (Wildman–Crippen LogP) is 0.787. The second-order valence-corrected chi connectivity index (χ2v) is 3.96. The van der Waals surface area contributed by atoms with Gasteiger partial charge in [-0.25, -0.2) is 9.18 Å². The first kappa shape index (κ1) is 15.4. The minimum Gasteiger partial charge on any atom is -0.467 e. The first-order chi connectivity index (χ1) is 9.47. The van der Waals surface area contributed by atoms with Crippen LogP contribution in [0, 0.1) is 17.1 Å². The Kier molecular flexibility index (Phi) is 5.47. The van der Waals surface area contributed by atoms with Crippen LogP contribution in [0.3, 0.4) is 0 Å². The standard InChI is InChI=1S/C13H14FN3O3/c1-8(18)17-12(13(19)20-2)7-16-10-3-4-11(14)9(5-10)6-15/h3-5,12,16H,7H2,1-2H3,(H,17,18). The van der Waals surface area contributed by atoms with E-state index in [4.69, 9.17) is 5.26 Å². The van der Waals surface area contributed by atoms with Gasteiger partial charge in [-0.2, -0.15) is 5.26 Å². The maximum Gasteiger partial charge on any atom is 0.330 e. The molecule has 1 amide bonds. The minimum absolute atomic E-state index is 0.0583. The van der Waals surface area contributed by atoms with E-state index in [1.165, 1.54) is 26.2 Å². The third-order valence-electron chi connectivity index (χ3n) is 2.46. The molecule has 6 nitrogen and oxygen atoms in total. The Morgan fingerprint density at radius 1 is 1.50 bits per heavy atom. The average molecular weight is 279 g/mol. The third-order valence-corrected chi connectivity index (χ3v) is 2.46. The van der Waals surface area contributed by atoms with Crippen LogP contribution in [0.1, 0.15) is 12.5 Å². The molecular formula is C13H14FN3O3. The van der Waals surface area contributed by atoms with Crippen molar-refractivity contribution < 1.29 is 18.7 Å². The number of carbonyl (C=O) groups is 2. The minimum atomic E-state index is -0.868. The highest BCUT2D eigenvalue weighted by molar-refractivity contribution is 5.83. The summed E-state index contributed by atoms with van der Waals surface area (Å²) in [6.07, 6.45) is 0. The van der Waals surface area contributed by atoms with Crippen LogP contribution in [0.4, 0.5) is 10.1 Å². The summed E-state index contributed by atoms with van der Waals surface area (Å²) in [5, 5.41) is 14.0. The molecule has 20 heavy (non-hydrogen) atoms. The average Bonchev–Trinajstić information content (AvgIpc) is 2.43. The molecule has 2 N–H and O–H groups in total. The first-order valence-electron chi connectivity index (χ1n) is 5.76. The zero-order valence-electron chi connectivity index (χ0n) is 11.1. The fourth-order valence-corrected chi connectivity index (χ4v) is 1.52. The normalized spacial score (nSPS) is 11.1. The van der Waals surface area contributed by atoms with Crippen molar-refractivity contribution in [2.45, 2.75) is 13.0 Å². The van der Waals surface area contributed by atoms with Crippen molar-refractivity contribution in [2.75, 3.05) is 19.0 Å². The van der Waals surface area contributed by atoms with Gasteiger partial charge < -0.3 is 15.4 Å². The van der Waals surface area contributed by atoms with Crippen LogP contribution in [-0.2, 0) is 14.3 Å². The number of rotatable bonds is 5. The van der Waals surface area contributed by atoms with Gasteiger partial charge in [0.2, 0.25) is 5.91 Å². The van der Waals surface area contributed by atoms with E-state index in [0.29, 0.717) is 5.69 Å². The van der Waals surface area contributed by atoms with Crippen LogP contribution in [0.15, 0.2) is 18.2 Å². The predicted molar refractivity (Wildman–Crippen MR) is 69.2 cm³/mol. The lowest BCUT2D eigenvalue weighted by molar-refractivity contribution is -0.144. The number of carbonyl (C=O) groups excluding carboxylic acids is 2. The highest BCUT2D eigenvalue weighted by atomic mass is 19.1. The van der Waals surface area contributed by atoms with Gasteiger partial charge in [0.25, 0.3) is 0 Å². The van der Waals surface area contributed by atoms with E-state index in [1.807, 2.05) is 0 Å². The number of halogens is 1. The molecule has 1 aromatic carbocycles. The fraction of sp³-hybridized carbons (Fsp3) is 0.308. The number of ether oxygens (including phenoxy) is 1. The van der Waals surface area contributed by atoms with E-state index in [9.17, 15) is 14.0 Å². The van der Waals surface area contributed by atoms with E-state index in [0.717, 1.165) is 6.07 Å². The third kappa shape index (κ3) is 4.24. The van der Waals surface area contributed by atoms with Gasteiger partial charge >= 0.3 is 5.97 Å². The number of nitrogens with one attached hydrogen (secondary N) is 2. The molecule has 0 saturated heterocycles. The SMILES string of the molecule is COC(=O)C(CNc1ccc(F)c(C#N)c1)NC(C)=O. The zero-order valence-corrected chi connectivity index (χ0v) is 11.1. The van der Waals surface area contributed by atoms with E-state index in [-0.39, 0.29) is 18.0 Å². The van der Waals surface area contributed by atoms with Gasteiger partial charge in [-0.05, 0) is 18.2 Å². The Morgan fingerprint density at radius 3 is 2.75 bits per heavy atom. The van der Waals surface area contributed by atoms with Crippen molar-refractivity contribution >= 4 is 17.6 Å². The molecule has 1 aromatic rings. The van der Waals surface area contributed by atoms with Crippen molar-refractivity contribution in [3.05, 3.63) is 29.6 Å². The Morgan fingerprint density at radius 2 is 2.20 bits per heavy atom. The summed E-state index contributed by atoms with van der Waals surface area (Å²) in [4.78, 5) is 22.4. The summed E-state index contributed by atoms with van der Waals surface area (Å²) in [7, 11) is 1.21. The molecule has 0 aliphatic rings. The van der Waals surface area contributed by atoms with Crippen molar-refractivity contribution in [3.63, 3.8) is 0 Å². The summed E-state index contributed by atoms with van der Waals surface area (Å²) in [6, 6.07) is 4.74. The van der Waals surface area contributed by atoms with Crippen molar-refractivity contribution in [2.24, 2.45) is 0 Å². The molecule has 0 heterocycles. The Hall–Kier alpha value is -2.62. The molecule has 1 atom stereocenters. The summed E-state index contributed by atoms with van der Waals surface area (Å²) < 4.78 is 17.7. The van der Waals surface area contributed by atoms with E-state index >= 15 is 0 Å².